The zero-order valence-corrected chi connectivity index (χ0v) is 7.27. The molecule has 1 aliphatic rings. The van der Waals surface area contributed by atoms with Gasteiger partial charge in [0.1, 0.15) is 0 Å². The van der Waals surface area contributed by atoms with Crippen LogP contribution in [-0.4, -0.2) is 30.0 Å². The summed E-state index contributed by atoms with van der Waals surface area (Å²) in [6.45, 7) is -0.381. The molecule has 0 aromatic carbocycles. The van der Waals surface area contributed by atoms with Gasteiger partial charge < -0.3 is 10.4 Å². The highest BCUT2D eigenvalue weighted by Crippen LogP contribution is 2.21. The van der Waals surface area contributed by atoms with Gasteiger partial charge >= 0.3 is 6.18 Å². The monoisotopic (exact) mass is 197 g/mol. The minimum absolute atomic E-state index is 0.164. The van der Waals surface area contributed by atoms with Gasteiger partial charge in [-0.2, -0.15) is 13.2 Å². The molecule has 0 aromatic heterocycles. The number of aliphatic hydroxyl groups is 1. The predicted octanol–water partition coefficient (Wildman–Crippen LogP) is 1.44. The minimum atomic E-state index is -4.49. The smallest absolute Gasteiger partial charge is 0.382 e. The van der Waals surface area contributed by atoms with E-state index in [1.165, 1.54) is 0 Å². The molecule has 2 nitrogen and oxygen atoms in total. The lowest BCUT2D eigenvalue weighted by molar-refractivity contribution is -0.202. The van der Waals surface area contributed by atoms with E-state index in [2.05, 4.69) is 5.32 Å². The molecule has 1 aliphatic carbocycles. The zero-order valence-electron chi connectivity index (χ0n) is 7.27. The fourth-order valence-electron chi connectivity index (χ4n) is 1.52. The average Bonchev–Trinajstić information content (AvgIpc) is 2.50. The van der Waals surface area contributed by atoms with Crippen molar-refractivity contribution in [3.8, 4) is 0 Å². The molecule has 5 heteroatoms. The molecule has 2 N–H and O–H groups in total. The normalized spacial score (nSPS) is 22.2. The van der Waals surface area contributed by atoms with Crippen LogP contribution >= 0.6 is 0 Å². The van der Waals surface area contributed by atoms with E-state index in [1.807, 2.05) is 0 Å². The van der Waals surface area contributed by atoms with Crippen molar-refractivity contribution in [1.29, 1.82) is 0 Å². The number of hydrogen-bond acceptors (Lipinski definition) is 2. The van der Waals surface area contributed by atoms with Crippen molar-refractivity contribution in [3.63, 3.8) is 0 Å². The highest BCUT2D eigenvalue weighted by molar-refractivity contribution is 4.77. The van der Waals surface area contributed by atoms with Crippen LogP contribution in [0.15, 0.2) is 0 Å². The molecule has 0 amide bonds. The van der Waals surface area contributed by atoms with Crippen LogP contribution < -0.4 is 5.32 Å². The average molecular weight is 197 g/mol. The Bertz CT molecular complexity index is 154. The summed E-state index contributed by atoms with van der Waals surface area (Å²) in [5.41, 5.74) is 0. The molecule has 0 radical (unpaired) electrons. The summed E-state index contributed by atoms with van der Waals surface area (Å²) in [5.74, 6) is 0. The van der Waals surface area contributed by atoms with E-state index in [0.29, 0.717) is 0 Å². The number of alkyl halides is 3. The first kappa shape index (κ1) is 10.8. The van der Waals surface area contributed by atoms with E-state index < -0.39 is 12.3 Å². The highest BCUT2D eigenvalue weighted by Gasteiger charge is 2.38. The summed E-state index contributed by atoms with van der Waals surface area (Å²) in [6.07, 6.45) is -2.74. The summed E-state index contributed by atoms with van der Waals surface area (Å²) in [5, 5.41) is 11.4. The number of halogens is 3. The van der Waals surface area contributed by atoms with Gasteiger partial charge in [0.25, 0.3) is 0 Å². The lowest BCUT2D eigenvalue weighted by Crippen LogP contribution is -2.41. The number of aliphatic hydroxyl groups excluding tert-OH is 1. The molecular weight excluding hydrogens is 183 g/mol. The third-order valence-electron chi connectivity index (χ3n) is 2.33. The van der Waals surface area contributed by atoms with Crippen LogP contribution in [0.4, 0.5) is 13.2 Å². The maximum atomic E-state index is 11.8. The molecule has 78 valence electrons. The van der Waals surface area contributed by atoms with Crippen LogP contribution in [0, 0.1) is 0 Å². The van der Waals surface area contributed by atoms with Gasteiger partial charge in [-0.1, -0.05) is 12.8 Å². The van der Waals surface area contributed by atoms with E-state index in [-0.39, 0.29) is 12.6 Å². The van der Waals surface area contributed by atoms with Crippen molar-refractivity contribution in [2.24, 2.45) is 0 Å². The molecule has 0 heterocycles. The number of nitrogens with one attached hydrogen (secondary N) is 1. The van der Waals surface area contributed by atoms with Crippen molar-refractivity contribution in [2.45, 2.75) is 44.0 Å². The summed E-state index contributed by atoms with van der Waals surface area (Å²) in [4.78, 5) is 0. The molecule has 1 fully saturated rings. The SMILES string of the molecule is O[C@@H](CNC1CCCC1)C(F)(F)F. The molecule has 0 aliphatic heterocycles. The van der Waals surface area contributed by atoms with Crippen molar-refractivity contribution in [3.05, 3.63) is 0 Å². The Hall–Kier alpha value is -0.290. The quantitative estimate of drug-likeness (QED) is 0.717. The largest absolute Gasteiger partial charge is 0.415 e. The lowest BCUT2D eigenvalue weighted by atomic mass is 10.2. The maximum Gasteiger partial charge on any atom is 0.415 e. The van der Waals surface area contributed by atoms with Gasteiger partial charge in [0.2, 0.25) is 0 Å². The second-order valence-electron chi connectivity index (χ2n) is 3.45. The molecule has 1 rings (SSSR count). The first-order chi connectivity index (χ1) is 6.00. The van der Waals surface area contributed by atoms with Gasteiger partial charge in [-0.3, -0.25) is 0 Å². The van der Waals surface area contributed by atoms with Crippen LogP contribution in [0.3, 0.4) is 0 Å². The molecule has 0 bridgehead atoms. The standard InChI is InChI=1S/C8H14F3NO/c9-8(10,11)7(13)5-12-6-3-1-2-4-6/h6-7,12-13H,1-5H2/t7-/m0/s1. The fourth-order valence-corrected chi connectivity index (χ4v) is 1.52. The Morgan fingerprint density at radius 1 is 1.31 bits per heavy atom. The maximum absolute atomic E-state index is 11.8. The predicted molar refractivity (Wildman–Crippen MR) is 42.3 cm³/mol. The Morgan fingerprint density at radius 2 is 1.85 bits per heavy atom. The van der Waals surface area contributed by atoms with Gasteiger partial charge in [0.05, 0.1) is 0 Å². The van der Waals surface area contributed by atoms with Crippen LogP contribution in [0.1, 0.15) is 25.7 Å². The lowest BCUT2D eigenvalue weighted by Gasteiger charge is -2.18. The van der Waals surface area contributed by atoms with Gasteiger partial charge in [-0.05, 0) is 12.8 Å². The van der Waals surface area contributed by atoms with E-state index in [0.717, 1.165) is 25.7 Å². The topological polar surface area (TPSA) is 32.3 Å². The molecule has 0 unspecified atom stereocenters. The molecular formula is C8H14F3NO. The van der Waals surface area contributed by atoms with Gasteiger partial charge in [0.15, 0.2) is 6.10 Å². The van der Waals surface area contributed by atoms with Gasteiger partial charge in [0, 0.05) is 12.6 Å². The summed E-state index contributed by atoms with van der Waals surface area (Å²) < 4.78 is 35.5. The van der Waals surface area contributed by atoms with Crippen molar-refractivity contribution < 1.29 is 18.3 Å². The molecule has 0 saturated heterocycles. The number of rotatable bonds is 3. The Balaban J connectivity index is 2.17. The van der Waals surface area contributed by atoms with Crippen molar-refractivity contribution >= 4 is 0 Å². The van der Waals surface area contributed by atoms with E-state index >= 15 is 0 Å². The van der Waals surface area contributed by atoms with E-state index in [1.54, 1.807) is 0 Å². The Morgan fingerprint density at radius 3 is 2.31 bits per heavy atom. The second-order valence-corrected chi connectivity index (χ2v) is 3.45. The first-order valence-corrected chi connectivity index (χ1v) is 4.48. The summed E-state index contributed by atoms with van der Waals surface area (Å²) in [6, 6.07) is 0.164. The fraction of sp³-hybridized carbons (Fsp3) is 1.00. The van der Waals surface area contributed by atoms with Crippen LogP contribution in [-0.2, 0) is 0 Å². The molecule has 1 atom stereocenters. The van der Waals surface area contributed by atoms with Crippen molar-refractivity contribution in [1.82, 2.24) is 5.32 Å². The van der Waals surface area contributed by atoms with Gasteiger partial charge in [-0.25, -0.2) is 0 Å². The number of hydrogen-bond donors (Lipinski definition) is 2. The second kappa shape index (κ2) is 4.28. The Labute approximate surface area is 75.1 Å². The van der Waals surface area contributed by atoms with Crippen molar-refractivity contribution in [2.75, 3.05) is 6.54 Å². The van der Waals surface area contributed by atoms with E-state index in [4.69, 9.17) is 5.11 Å². The van der Waals surface area contributed by atoms with E-state index in [9.17, 15) is 13.2 Å². The third kappa shape index (κ3) is 3.52. The van der Waals surface area contributed by atoms with Crippen LogP contribution in [0.2, 0.25) is 0 Å². The molecule has 0 aromatic rings. The summed E-state index contributed by atoms with van der Waals surface area (Å²) >= 11 is 0. The third-order valence-corrected chi connectivity index (χ3v) is 2.33. The molecule has 1 saturated carbocycles. The van der Waals surface area contributed by atoms with Crippen LogP contribution in [0.25, 0.3) is 0 Å². The zero-order chi connectivity index (χ0) is 9.90. The summed E-state index contributed by atoms with van der Waals surface area (Å²) in [7, 11) is 0. The highest BCUT2D eigenvalue weighted by atomic mass is 19.4. The minimum Gasteiger partial charge on any atom is -0.382 e. The molecule has 0 spiro atoms. The molecule has 13 heavy (non-hydrogen) atoms. The Kier molecular flexibility index (Phi) is 3.55. The first-order valence-electron chi connectivity index (χ1n) is 4.48. The van der Waals surface area contributed by atoms with Gasteiger partial charge in [-0.15, -0.1) is 0 Å². The van der Waals surface area contributed by atoms with Crippen LogP contribution in [0.5, 0.6) is 0 Å².